The molecule has 84 valence electrons. The Morgan fingerprint density at radius 3 is 2.56 bits per heavy atom. The third-order valence-corrected chi connectivity index (χ3v) is 2.95. The summed E-state index contributed by atoms with van der Waals surface area (Å²) in [7, 11) is 0. The van der Waals surface area contributed by atoms with Crippen LogP contribution in [0.3, 0.4) is 0 Å². The second-order valence-corrected chi connectivity index (χ2v) is 5.19. The maximum Gasteiger partial charge on any atom is 0.263 e. The van der Waals surface area contributed by atoms with Crippen LogP contribution in [0.2, 0.25) is 0 Å². The van der Waals surface area contributed by atoms with E-state index < -0.39 is 0 Å². The van der Waals surface area contributed by atoms with Gasteiger partial charge in [0.2, 0.25) is 0 Å². The molecule has 1 amide bonds. The highest BCUT2D eigenvalue weighted by Crippen LogP contribution is 2.24. The van der Waals surface area contributed by atoms with Gasteiger partial charge in [-0.2, -0.15) is 0 Å². The van der Waals surface area contributed by atoms with Crippen molar-refractivity contribution in [3.05, 3.63) is 46.9 Å². The Balaban J connectivity index is 2.92. The van der Waals surface area contributed by atoms with Crippen molar-refractivity contribution in [2.24, 2.45) is 0 Å². The largest absolute Gasteiger partial charge is 0.307 e. The first-order valence-electron chi connectivity index (χ1n) is 4.75. The van der Waals surface area contributed by atoms with Crippen LogP contribution in [0, 0.1) is 0 Å². The molecule has 1 N–H and O–H groups in total. The van der Waals surface area contributed by atoms with Crippen LogP contribution in [0.1, 0.15) is 13.8 Å². The minimum Gasteiger partial charge on any atom is -0.307 e. The number of hydrogen-bond donors (Lipinski definition) is 1. The van der Waals surface area contributed by atoms with Crippen LogP contribution in [0.25, 0.3) is 0 Å². The highest BCUT2D eigenvalue weighted by atomic mass is 32.2. The minimum atomic E-state index is -0.139. The maximum absolute atomic E-state index is 11.4. The van der Waals surface area contributed by atoms with Gasteiger partial charge >= 0.3 is 0 Å². The van der Waals surface area contributed by atoms with Crippen LogP contribution in [-0.2, 0) is 4.79 Å². The van der Waals surface area contributed by atoms with Crippen LogP contribution in [0.5, 0.6) is 0 Å². The molecule has 0 spiro atoms. The summed E-state index contributed by atoms with van der Waals surface area (Å²) in [5.74, 6) is -0.139. The first kappa shape index (κ1) is 12.9. The van der Waals surface area contributed by atoms with Crippen molar-refractivity contribution in [1.82, 2.24) is 5.32 Å². The van der Waals surface area contributed by atoms with Gasteiger partial charge in [-0.05, 0) is 25.5 Å². The van der Waals surface area contributed by atoms with E-state index in [1.807, 2.05) is 26.0 Å². The monoisotopic (exact) mass is 251 g/mol. The van der Waals surface area contributed by atoms with Crippen molar-refractivity contribution in [3.63, 3.8) is 0 Å². The number of carbonyl (C=O) groups is 1. The van der Waals surface area contributed by atoms with E-state index in [1.165, 1.54) is 17.3 Å². The Morgan fingerprint density at radius 2 is 2.12 bits per heavy atom. The summed E-state index contributed by atoms with van der Waals surface area (Å²) in [6.07, 6.45) is 7.39. The van der Waals surface area contributed by atoms with Crippen LogP contribution in [0.15, 0.2) is 46.9 Å². The van der Waals surface area contributed by atoms with E-state index in [2.05, 4.69) is 11.9 Å². The van der Waals surface area contributed by atoms with Crippen molar-refractivity contribution >= 4 is 34.2 Å². The molecule has 0 aromatic heterocycles. The summed E-state index contributed by atoms with van der Waals surface area (Å²) in [5.41, 5.74) is 2.08. The molecule has 1 rings (SSSR count). The van der Waals surface area contributed by atoms with E-state index in [0.717, 1.165) is 5.57 Å². The van der Waals surface area contributed by atoms with Gasteiger partial charge in [-0.25, -0.2) is 0 Å². The van der Waals surface area contributed by atoms with Crippen molar-refractivity contribution in [2.75, 3.05) is 0 Å². The summed E-state index contributed by atoms with van der Waals surface area (Å²) in [5, 5.41) is 2.57. The van der Waals surface area contributed by atoms with E-state index >= 15 is 0 Å². The van der Waals surface area contributed by atoms with Crippen molar-refractivity contribution in [1.29, 1.82) is 0 Å². The SMILES string of the molecule is C=CC(/C=C1\SC(=S)NC1=O)=C\C=C(C)C. The smallest absolute Gasteiger partial charge is 0.263 e. The molecule has 1 heterocycles. The molecule has 0 bridgehead atoms. The normalized spacial score (nSPS) is 18.6. The molecule has 0 aliphatic carbocycles. The summed E-state index contributed by atoms with van der Waals surface area (Å²) in [6.45, 7) is 7.73. The quantitative estimate of drug-likeness (QED) is 0.475. The van der Waals surface area contributed by atoms with Gasteiger partial charge in [-0.3, -0.25) is 4.79 Å². The topological polar surface area (TPSA) is 29.1 Å². The number of carbonyl (C=O) groups excluding carboxylic acids is 1. The Kier molecular flexibility index (Phi) is 4.71. The number of amides is 1. The minimum absolute atomic E-state index is 0.139. The molecule has 0 atom stereocenters. The van der Waals surface area contributed by atoms with Gasteiger partial charge in [-0.15, -0.1) is 0 Å². The van der Waals surface area contributed by atoms with Gasteiger partial charge in [0, 0.05) is 0 Å². The Bertz CT molecular complexity index is 426. The molecule has 4 heteroatoms. The van der Waals surface area contributed by atoms with E-state index in [0.29, 0.717) is 9.23 Å². The van der Waals surface area contributed by atoms with Crippen molar-refractivity contribution < 1.29 is 4.79 Å². The fourth-order valence-corrected chi connectivity index (χ4v) is 2.05. The van der Waals surface area contributed by atoms with Gasteiger partial charge in [-0.1, -0.05) is 54.4 Å². The van der Waals surface area contributed by atoms with E-state index in [9.17, 15) is 4.79 Å². The number of thiocarbonyl (C=S) groups is 1. The summed E-state index contributed by atoms with van der Waals surface area (Å²) in [4.78, 5) is 12.0. The predicted molar refractivity (Wildman–Crippen MR) is 74.1 cm³/mol. The molecule has 0 radical (unpaired) electrons. The average Bonchev–Trinajstić information content (AvgIpc) is 2.51. The third kappa shape index (κ3) is 3.79. The van der Waals surface area contributed by atoms with Crippen LogP contribution >= 0.6 is 24.0 Å². The lowest BCUT2D eigenvalue weighted by Gasteiger charge is -1.94. The Hall–Kier alpha value is -1.13. The first-order chi connectivity index (χ1) is 7.52. The molecule has 0 unspecified atom stereocenters. The number of allylic oxidation sites excluding steroid dienone is 6. The molecule has 1 aliphatic rings. The second-order valence-electron chi connectivity index (χ2n) is 3.47. The van der Waals surface area contributed by atoms with Crippen molar-refractivity contribution in [2.45, 2.75) is 13.8 Å². The summed E-state index contributed by atoms with van der Waals surface area (Å²) >= 11 is 6.18. The maximum atomic E-state index is 11.4. The molecule has 0 saturated carbocycles. The van der Waals surface area contributed by atoms with Crippen LogP contribution in [0.4, 0.5) is 0 Å². The van der Waals surface area contributed by atoms with Gasteiger partial charge in [0.15, 0.2) is 0 Å². The van der Waals surface area contributed by atoms with Gasteiger partial charge in [0.1, 0.15) is 4.32 Å². The standard InChI is InChI=1S/C12H13NOS2/c1-4-9(6-5-8(2)3)7-10-11(14)13-12(15)16-10/h4-7H,1H2,2-3H3,(H,13,14,15)/b9-6+,10-7-. The molecule has 0 aromatic carbocycles. The summed E-state index contributed by atoms with van der Waals surface area (Å²) in [6, 6.07) is 0. The highest BCUT2D eigenvalue weighted by Gasteiger charge is 2.21. The number of thioether (sulfide) groups is 1. The number of hydrogen-bond acceptors (Lipinski definition) is 3. The molecule has 1 aliphatic heterocycles. The van der Waals surface area contributed by atoms with E-state index in [1.54, 1.807) is 12.2 Å². The number of rotatable bonds is 3. The van der Waals surface area contributed by atoms with Crippen LogP contribution in [-0.4, -0.2) is 10.2 Å². The Morgan fingerprint density at radius 1 is 1.44 bits per heavy atom. The van der Waals surface area contributed by atoms with Gasteiger partial charge in [0.25, 0.3) is 5.91 Å². The fraction of sp³-hybridized carbons (Fsp3) is 0.167. The zero-order chi connectivity index (χ0) is 12.1. The van der Waals surface area contributed by atoms with Gasteiger partial charge < -0.3 is 5.32 Å². The van der Waals surface area contributed by atoms with Crippen molar-refractivity contribution in [3.8, 4) is 0 Å². The zero-order valence-corrected chi connectivity index (χ0v) is 10.9. The summed E-state index contributed by atoms with van der Waals surface area (Å²) < 4.78 is 0.502. The number of nitrogens with one attached hydrogen (secondary N) is 1. The second kappa shape index (κ2) is 5.82. The molecule has 1 fully saturated rings. The van der Waals surface area contributed by atoms with E-state index in [-0.39, 0.29) is 5.91 Å². The lowest BCUT2D eigenvalue weighted by Crippen LogP contribution is -2.17. The van der Waals surface area contributed by atoms with Gasteiger partial charge in [0.05, 0.1) is 4.91 Å². The zero-order valence-electron chi connectivity index (χ0n) is 9.24. The first-order valence-corrected chi connectivity index (χ1v) is 5.98. The molecular formula is C12H13NOS2. The fourth-order valence-electron chi connectivity index (χ4n) is 1.01. The third-order valence-electron chi connectivity index (χ3n) is 1.78. The molecule has 0 aromatic rings. The lowest BCUT2D eigenvalue weighted by molar-refractivity contribution is -0.115. The van der Waals surface area contributed by atoms with Crippen LogP contribution < -0.4 is 5.32 Å². The predicted octanol–water partition coefficient (Wildman–Crippen LogP) is 3.10. The average molecular weight is 251 g/mol. The molecular weight excluding hydrogens is 238 g/mol. The molecule has 2 nitrogen and oxygen atoms in total. The van der Waals surface area contributed by atoms with E-state index in [4.69, 9.17) is 12.2 Å². The molecule has 16 heavy (non-hydrogen) atoms. The Labute approximate surface area is 105 Å². The highest BCUT2D eigenvalue weighted by molar-refractivity contribution is 8.26. The lowest BCUT2D eigenvalue weighted by atomic mass is 10.2. The molecule has 1 saturated heterocycles.